The monoisotopic (exact) mass is 239 g/mol. The Hall–Kier alpha value is -1.42. The summed E-state index contributed by atoms with van der Waals surface area (Å²) in [6.45, 7) is 5.36. The molecule has 0 spiro atoms. The molecule has 2 N–H and O–H groups in total. The van der Waals surface area contributed by atoms with Crippen LogP contribution in [0.5, 0.6) is 0 Å². The summed E-state index contributed by atoms with van der Waals surface area (Å²) in [4.78, 5) is 11.8. The van der Waals surface area contributed by atoms with Crippen LogP contribution in [0.1, 0.15) is 36.2 Å². The van der Waals surface area contributed by atoms with Gasteiger partial charge in [-0.3, -0.25) is 4.79 Å². The maximum atomic E-state index is 12.9. The fourth-order valence-corrected chi connectivity index (χ4v) is 1.37. The van der Waals surface area contributed by atoms with Gasteiger partial charge in [0.1, 0.15) is 5.82 Å². The van der Waals surface area contributed by atoms with E-state index in [-0.39, 0.29) is 18.3 Å². The minimum Gasteiger partial charge on any atom is -0.388 e. The predicted molar refractivity (Wildman–Crippen MR) is 64.4 cm³/mol. The lowest BCUT2D eigenvalue weighted by Crippen LogP contribution is -2.40. The molecule has 1 atom stereocenters. The van der Waals surface area contributed by atoms with Gasteiger partial charge in [0.05, 0.1) is 5.60 Å². The summed E-state index contributed by atoms with van der Waals surface area (Å²) in [5, 5.41) is 12.4. The number of aryl methyl sites for hydroxylation is 1. The van der Waals surface area contributed by atoms with Gasteiger partial charge in [-0.1, -0.05) is 6.92 Å². The van der Waals surface area contributed by atoms with Crippen molar-refractivity contribution in [2.45, 2.75) is 32.8 Å². The molecular formula is C13H18FNO2. The van der Waals surface area contributed by atoms with Crippen LogP contribution >= 0.6 is 0 Å². The van der Waals surface area contributed by atoms with Crippen molar-refractivity contribution in [2.75, 3.05) is 6.54 Å². The molecule has 0 fully saturated rings. The molecule has 0 radical (unpaired) electrons. The van der Waals surface area contributed by atoms with Gasteiger partial charge in [-0.2, -0.15) is 0 Å². The number of carbonyl (C=O) groups excluding carboxylic acids is 1. The van der Waals surface area contributed by atoms with Crippen LogP contribution < -0.4 is 5.32 Å². The Bertz CT molecular complexity index is 416. The third-order valence-electron chi connectivity index (χ3n) is 2.82. The first kappa shape index (κ1) is 13.6. The average molecular weight is 239 g/mol. The number of benzene rings is 1. The SMILES string of the molecule is CCC(C)(O)CNC(=O)c1ccc(F)cc1C. The van der Waals surface area contributed by atoms with E-state index >= 15 is 0 Å². The van der Waals surface area contributed by atoms with Crippen LogP contribution in [0.15, 0.2) is 18.2 Å². The number of nitrogens with one attached hydrogen (secondary N) is 1. The van der Waals surface area contributed by atoms with Gasteiger partial charge in [-0.15, -0.1) is 0 Å². The molecule has 0 heterocycles. The number of amides is 1. The highest BCUT2D eigenvalue weighted by Crippen LogP contribution is 2.11. The van der Waals surface area contributed by atoms with Crippen molar-refractivity contribution >= 4 is 5.91 Å². The number of aliphatic hydroxyl groups is 1. The number of hydrogen-bond acceptors (Lipinski definition) is 2. The summed E-state index contributed by atoms with van der Waals surface area (Å²) in [7, 11) is 0. The zero-order chi connectivity index (χ0) is 13.1. The maximum Gasteiger partial charge on any atom is 0.251 e. The molecule has 17 heavy (non-hydrogen) atoms. The lowest BCUT2D eigenvalue weighted by molar-refractivity contribution is 0.0518. The highest BCUT2D eigenvalue weighted by atomic mass is 19.1. The Morgan fingerprint density at radius 1 is 1.53 bits per heavy atom. The fraction of sp³-hybridized carbons (Fsp3) is 0.462. The van der Waals surface area contributed by atoms with Gasteiger partial charge in [-0.25, -0.2) is 4.39 Å². The van der Waals surface area contributed by atoms with Crippen LogP contribution in [0.3, 0.4) is 0 Å². The van der Waals surface area contributed by atoms with E-state index in [0.717, 1.165) is 0 Å². The Kier molecular flexibility index (Phi) is 4.23. The molecule has 0 saturated heterocycles. The highest BCUT2D eigenvalue weighted by Gasteiger charge is 2.19. The fourth-order valence-electron chi connectivity index (χ4n) is 1.37. The van der Waals surface area contributed by atoms with Crippen molar-refractivity contribution in [2.24, 2.45) is 0 Å². The molecule has 1 rings (SSSR count). The second kappa shape index (κ2) is 5.27. The summed E-state index contributed by atoms with van der Waals surface area (Å²) < 4.78 is 12.9. The molecule has 0 aliphatic carbocycles. The largest absolute Gasteiger partial charge is 0.388 e. The van der Waals surface area contributed by atoms with Crippen molar-refractivity contribution in [3.63, 3.8) is 0 Å². The Balaban J connectivity index is 2.71. The van der Waals surface area contributed by atoms with Crippen molar-refractivity contribution in [1.82, 2.24) is 5.32 Å². The van der Waals surface area contributed by atoms with Crippen LogP contribution in [0.25, 0.3) is 0 Å². The Morgan fingerprint density at radius 2 is 2.18 bits per heavy atom. The summed E-state index contributed by atoms with van der Waals surface area (Å²) in [5.41, 5.74) is 0.0980. The molecular weight excluding hydrogens is 221 g/mol. The van der Waals surface area contributed by atoms with E-state index in [1.54, 1.807) is 13.8 Å². The first-order chi connectivity index (χ1) is 7.85. The molecule has 0 aromatic heterocycles. The van der Waals surface area contributed by atoms with Crippen LogP contribution in [-0.2, 0) is 0 Å². The van der Waals surface area contributed by atoms with E-state index in [0.29, 0.717) is 17.5 Å². The topological polar surface area (TPSA) is 49.3 Å². The molecule has 0 bridgehead atoms. The standard InChI is InChI=1S/C13H18FNO2/c1-4-13(3,17)8-15-12(16)11-6-5-10(14)7-9(11)2/h5-7,17H,4,8H2,1-3H3,(H,15,16). The molecule has 1 aromatic carbocycles. The van der Waals surface area contributed by atoms with E-state index in [9.17, 15) is 14.3 Å². The quantitative estimate of drug-likeness (QED) is 0.844. The third kappa shape index (κ3) is 3.82. The molecule has 1 amide bonds. The second-order valence-corrected chi connectivity index (χ2v) is 4.49. The van der Waals surface area contributed by atoms with E-state index in [1.807, 2.05) is 6.92 Å². The number of rotatable bonds is 4. The summed E-state index contributed by atoms with van der Waals surface area (Å²) >= 11 is 0. The van der Waals surface area contributed by atoms with Gasteiger partial charge in [0.15, 0.2) is 0 Å². The molecule has 0 saturated carbocycles. The lowest BCUT2D eigenvalue weighted by Gasteiger charge is -2.21. The summed E-state index contributed by atoms with van der Waals surface area (Å²) in [6.07, 6.45) is 0.551. The molecule has 4 heteroatoms. The number of hydrogen-bond donors (Lipinski definition) is 2. The highest BCUT2D eigenvalue weighted by molar-refractivity contribution is 5.95. The predicted octanol–water partition coefficient (Wildman–Crippen LogP) is 2.02. The third-order valence-corrected chi connectivity index (χ3v) is 2.82. The average Bonchev–Trinajstić information content (AvgIpc) is 2.26. The molecule has 0 aliphatic rings. The molecule has 94 valence electrons. The molecule has 1 aromatic rings. The van der Waals surface area contributed by atoms with Crippen molar-refractivity contribution in [1.29, 1.82) is 0 Å². The van der Waals surface area contributed by atoms with Crippen LogP contribution in [0, 0.1) is 12.7 Å². The molecule has 3 nitrogen and oxygen atoms in total. The smallest absolute Gasteiger partial charge is 0.251 e. The molecule has 1 unspecified atom stereocenters. The van der Waals surface area contributed by atoms with E-state index in [4.69, 9.17) is 0 Å². The van der Waals surface area contributed by atoms with E-state index in [1.165, 1.54) is 18.2 Å². The zero-order valence-electron chi connectivity index (χ0n) is 10.4. The van der Waals surface area contributed by atoms with Gasteiger partial charge in [0.2, 0.25) is 0 Å². The number of halogens is 1. The van der Waals surface area contributed by atoms with Gasteiger partial charge in [0, 0.05) is 12.1 Å². The zero-order valence-corrected chi connectivity index (χ0v) is 10.4. The Labute approximate surface area is 101 Å². The lowest BCUT2D eigenvalue weighted by atomic mass is 10.0. The minimum atomic E-state index is -0.913. The Morgan fingerprint density at radius 3 is 2.71 bits per heavy atom. The van der Waals surface area contributed by atoms with Crippen LogP contribution in [0.4, 0.5) is 4.39 Å². The van der Waals surface area contributed by atoms with E-state index < -0.39 is 5.60 Å². The van der Waals surface area contributed by atoms with Gasteiger partial charge in [0.25, 0.3) is 5.91 Å². The van der Waals surface area contributed by atoms with Crippen molar-refractivity contribution < 1.29 is 14.3 Å². The van der Waals surface area contributed by atoms with E-state index in [2.05, 4.69) is 5.32 Å². The summed E-state index contributed by atoms with van der Waals surface area (Å²) in [5.74, 6) is -0.657. The first-order valence-electron chi connectivity index (χ1n) is 5.62. The minimum absolute atomic E-state index is 0.180. The molecule has 0 aliphatic heterocycles. The van der Waals surface area contributed by atoms with Crippen molar-refractivity contribution in [3.05, 3.63) is 35.1 Å². The number of carbonyl (C=O) groups is 1. The van der Waals surface area contributed by atoms with Crippen LogP contribution in [-0.4, -0.2) is 23.2 Å². The maximum absolute atomic E-state index is 12.9. The van der Waals surface area contributed by atoms with Gasteiger partial charge in [-0.05, 0) is 44.0 Å². The van der Waals surface area contributed by atoms with Gasteiger partial charge < -0.3 is 10.4 Å². The van der Waals surface area contributed by atoms with Crippen LogP contribution in [0.2, 0.25) is 0 Å². The normalized spacial score (nSPS) is 14.2. The first-order valence-corrected chi connectivity index (χ1v) is 5.62. The van der Waals surface area contributed by atoms with Crippen molar-refractivity contribution in [3.8, 4) is 0 Å². The second-order valence-electron chi connectivity index (χ2n) is 4.49. The van der Waals surface area contributed by atoms with Gasteiger partial charge >= 0.3 is 0 Å². The summed E-state index contributed by atoms with van der Waals surface area (Å²) in [6, 6.07) is 4.01.